The molecule has 4 aromatic rings. The molecular weight excluding hydrogens is 576 g/mol. The highest BCUT2D eigenvalue weighted by molar-refractivity contribution is 6.01. The number of anilines is 1. The Morgan fingerprint density at radius 2 is 1.98 bits per heavy atom. The Morgan fingerprint density at radius 3 is 2.80 bits per heavy atom. The van der Waals surface area contributed by atoms with Crippen LogP contribution in [0.3, 0.4) is 0 Å². The van der Waals surface area contributed by atoms with Gasteiger partial charge in [-0.15, -0.1) is 0 Å². The van der Waals surface area contributed by atoms with E-state index in [-0.39, 0.29) is 40.9 Å². The van der Waals surface area contributed by atoms with Crippen molar-refractivity contribution in [3.8, 4) is 17.3 Å². The van der Waals surface area contributed by atoms with E-state index in [9.17, 15) is 9.50 Å². The summed E-state index contributed by atoms with van der Waals surface area (Å²) in [6.45, 7) is 6.94. The van der Waals surface area contributed by atoms with Crippen molar-refractivity contribution in [1.29, 1.82) is 0 Å². The molecule has 0 unspecified atom stereocenters. The number of halogens is 2. The van der Waals surface area contributed by atoms with Gasteiger partial charge in [-0.05, 0) is 81.5 Å². The third-order valence-electron chi connectivity index (χ3n) is 10.7. The van der Waals surface area contributed by atoms with Crippen molar-refractivity contribution in [2.24, 2.45) is 5.41 Å². The molecule has 4 aliphatic rings. The lowest BCUT2D eigenvalue weighted by atomic mass is 9.62. The van der Waals surface area contributed by atoms with Gasteiger partial charge in [0.1, 0.15) is 29.8 Å². The summed E-state index contributed by atoms with van der Waals surface area (Å²) in [5.41, 5.74) is 3.27. The number of H-pyrrole nitrogens is 1. The molecular formula is C34H39F2N7O2. The second kappa shape index (κ2) is 10.7. The smallest absolute Gasteiger partial charge is 0.319 e. The van der Waals surface area contributed by atoms with E-state index in [0.29, 0.717) is 29.7 Å². The van der Waals surface area contributed by atoms with Crippen LogP contribution in [0.5, 0.6) is 6.01 Å². The number of ether oxygens (including phenoxy) is 1. The number of aromatic nitrogens is 5. The Morgan fingerprint density at radius 1 is 1.13 bits per heavy atom. The Hall–Kier alpha value is -3.70. The number of fused-ring (bicyclic) bond motifs is 3. The zero-order chi connectivity index (χ0) is 30.9. The number of nitrogens with zero attached hydrogens (tertiary/aromatic N) is 6. The van der Waals surface area contributed by atoms with Gasteiger partial charge in [-0.2, -0.15) is 15.1 Å². The molecule has 3 aliphatic heterocycles. The van der Waals surface area contributed by atoms with Gasteiger partial charge >= 0.3 is 6.01 Å². The standard InChI is InChI=1S/C34H39F2N7O2/c1-3-6-23-20(2)11-26-24(16-38-41-26)27(23)30-28(36)29-25(15-37-30)31(42-9-4-7-33(18-42)13-22(44)14-33)40-32(39-29)45-19-34-8-5-10-43(34)17-21(35)12-34/h3,6,11,15-16,21-22,44H,4-5,7-10,12-14,17-19H2,1-2H3,(H,38,41)/b6-3-/t21-,22?,33?,34+/m1/s1. The molecule has 1 aliphatic carbocycles. The molecule has 45 heavy (non-hydrogen) atoms. The van der Waals surface area contributed by atoms with Crippen LogP contribution in [0, 0.1) is 18.2 Å². The van der Waals surface area contributed by atoms with E-state index in [2.05, 4.69) is 25.0 Å². The number of hydrogen-bond acceptors (Lipinski definition) is 8. The average molecular weight is 616 g/mol. The molecule has 3 aromatic heterocycles. The predicted molar refractivity (Wildman–Crippen MR) is 169 cm³/mol. The highest BCUT2D eigenvalue weighted by atomic mass is 19.1. The third kappa shape index (κ3) is 4.69. The van der Waals surface area contributed by atoms with Crippen LogP contribution < -0.4 is 9.64 Å². The van der Waals surface area contributed by atoms with Crippen LogP contribution in [-0.4, -0.2) is 85.8 Å². The van der Waals surface area contributed by atoms with Gasteiger partial charge in [0.25, 0.3) is 0 Å². The summed E-state index contributed by atoms with van der Waals surface area (Å²) >= 11 is 0. The van der Waals surface area contributed by atoms with E-state index in [1.165, 1.54) is 0 Å². The fourth-order valence-electron chi connectivity index (χ4n) is 8.69. The molecule has 3 saturated heterocycles. The predicted octanol–water partition coefficient (Wildman–Crippen LogP) is 5.75. The number of aliphatic hydroxyl groups excluding tert-OH is 1. The quantitative estimate of drug-likeness (QED) is 0.283. The first-order valence-corrected chi connectivity index (χ1v) is 16.2. The van der Waals surface area contributed by atoms with Crippen molar-refractivity contribution in [1.82, 2.24) is 30.0 Å². The SMILES string of the molecule is C/C=C\c1c(C)cc2[nH]ncc2c1-c1ncc2c(N3CCCC4(CC(O)C4)C3)nc(OC[C@@]34CCCN3C[C@H](F)C4)nc2c1F. The zero-order valence-electron chi connectivity index (χ0n) is 25.8. The van der Waals surface area contributed by atoms with Gasteiger partial charge in [0, 0.05) is 43.2 Å². The minimum Gasteiger partial charge on any atom is -0.461 e. The van der Waals surface area contributed by atoms with E-state index >= 15 is 4.39 Å². The van der Waals surface area contributed by atoms with E-state index in [1.54, 1.807) is 12.4 Å². The lowest BCUT2D eigenvalue weighted by Crippen LogP contribution is -2.52. The minimum absolute atomic E-state index is 0.0288. The molecule has 11 heteroatoms. The summed E-state index contributed by atoms with van der Waals surface area (Å²) in [5, 5.41) is 18.7. The van der Waals surface area contributed by atoms with Gasteiger partial charge in [0.05, 0.1) is 28.7 Å². The number of aryl methyl sites for hydroxylation is 1. The highest BCUT2D eigenvalue weighted by Gasteiger charge is 2.50. The van der Waals surface area contributed by atoms with Crippen LogP contribution in [0.2, 0.25) is 0 Å². The summed E-state index contributed by atoms with van der Waals surface area (Å²) in [5.74, 6) is 0.0475. The summed E-state index contributed by atoms with van der Waals surface area (Å²) in [4.78, 5) is 18.7. The van der Waals surface area contributed by atoms with Gasteiger partial charge in [-0.1, -0.05) is 12.2 Å². The fraction of sp³-hybridized carbons (Fsp3) is 0.529. The first-order valence-electron chi connectivity index (χ1n) is 16.2. The van der Waals surface area contributed by atoms with E-state index in [0.717, 1.165) is 80.2 Å². The molecule has 2 N–H and O–H groups in total. The topological polar surface area (TPSA) is 103 Å². The maximum Gasteiger partial charge on any atom is 0.319 e. The maximum absolute atomic E-state index is 17.0. The van der Waals surface area contributed by atoms with Gasteiger partial charge in [-0.25, -0.2) is 8.78 Å². The minimum atomic E-state index is -0.879. The number of alkyl halides is 1. The van der Waals surface area contributed by atoms with Gasteiger partial charge in [-0.3, -0.25) is 15.0 Å². The molecule has 6 heterocycles. The molecule has 1 aromatic carbocycles. The second-order valence-corrected chi connectivity index (χ2v) is 13.8. The van der Waals surface area contributed by atoms with Crippen LogP contribution in [-0.2, 0) is 0 Å². The number of aliphatic hydroxyl groups is 1. The van der Waals surface area contributed by atoms with Crippen molar-refractivity contribution in [2.45, 2.75) is 76.6 Å². The molecule has 9 nitrogen and oxygen atoms in total. The number of nitrogens with one attached hydrogen (secondary N) is 1. The maximum atomic E-state index is 17.0. The van der Waals surface area contributed by atoms with Crippen LogP contribution in [0.4, 0.5) is 14.6 Å². The van der Waals surface area contributed by atoms with Crippen LogP contribution in [0.15, 0.2) is 24.5 Å². The van der Waals surface area contributed by atoms with Crippen LogP contribution in [0.25, 0.3) is 39.1 Å². The number of pyridine rings is 1. The van der Waals surface area contributed by atoms with Crippen molar-refractivity contribution < 1.29 is 18.6 Å². The lowest BCUT2D eigenvalue weighted by molar-refractivity contribution is -0.0396. The molecule has 2 atom stereocenters. The summed E-state index contributed by atoms with van der Waals surface area (Å²) < 4.78 is 37.8. The fourth-order valence-corrected chi connectivity index (χ4v) is 8.69. The number of piperidine rings is 1. The molecule has 1 saturated carbocycles. The molecule has 0 radical (unpaired) electrons. The van der Waals surface area contributed by atoms with E-state index in [1.807, 2.05) is 32.1 Å². The molecule has 236 valence electrons. The largest absolute Gasteiger partial charge is 0.461 e. The summed E-state index contributed by atoms with van der Waals surface area (Å²) in [6.07, 6.45) is 11.9. The van der Waals surface area contributed by atoms with Gasteiger partial charge in [0.2, 0.25) is 0 Å². The van der Waals surface area contributed by atoms with Gasteiger partial charge in [0.15, 0.2) is 5.82 Å². The second-order valence-electron chi connectivity index (χ2n) is 13.8. The monoisotopic (exact) mass is 615 g/mol. The normalized spacial score (nSPS) is 28.5. The first kappa shape index (κ1) is 28.8. The van der Waals surface area contributed by atoms with Crippen LogP contribution in [0.1, 0.15) is 63.0 Å². The van der Waals surface area contributed by atoms with Crippen LogP contribution >= 0.6 is 0 Å². The third-order valence-corrected chi connectivity index (χ3v) is 10.7. The Labute approximate surface area is 260 Å². The lowest BCUT2D eigenvalue weighted by Gasteiger charge is -2.51. The van der Waals surface area contributed by atoms with Gasteiger partial charge < -0.3 is 14.7 Å². The Balaban J connectivity index is 1.26. The first-order chi connectivity index (χ1) is 21.8. The number of aromatic amines is 1. The highest BCUT2D eigenvalue weighted by Crippen LogP contribution is 2.49. The average Bonchev–Trinajstić information content (AvgIpc) is 3.70. The molecule has 0 amide bonds. The number of hydrogen-bond donors (Lipinski definition) is 2. The number of benzene rings is 1. The molecule has 8 rings (SSSR count). The molecule has 1 spiro atoms. The number of rotatable bonds is 6. The van der Waals surface area contributed by atoms with Crippen molar-refractivity contribution in [2.75, 3.05) is 37.7 Å². The zero-order valence-corrected chi connectivity index (χ0v) is 25.8. The Bertz CT molecular complexity index is 1810. The summed E-state index contributed by atoms with van der Waals surface area (Å²) in [6, 6.07) is 2.10. The van der Waals surface area contributed by atoms with Crippen molar-refractivity contribution >= 4 is 33.7 Å². The summed E-state index contributed by atoms with van der Waals surface area (Å²) in [7, 11) is 0. The van der Waals surface area contributed by atoms with E-state index < -0.39 is 12.0 Å². The van der Waals surface area contributed by atoms with Crippen molar-refractivity contribution in [3.63, 3.8) is 0 Å². The Kier molecular flexibility index (Phi) is 6.83. The molecule has 4 fully saturated rings. The molecule has 0 bridgehead atoms. The number of allylic oxidation sites excluding steroid dienone is 1. The van der Waals surface area contributed by atoms with Crippen molar-refractivity contribution in [3.05, 3.63) is 41.5 Å². The van der Waals surface area contributed by atoms with E-state index in [4.69, 9.17) is 14.7 Å².